The Morgan fingerprint density at radius 2 is 1.89 bits per heavy atom. The molecule has 0 saturated carbocycles. The molecule has 0 bridgehead atoms. The third-order valence-corrected chi connectivity index (χ3v) is 9.51. The second kappa shape index (κ2) is 11.2. The van der Waals surface area contributed by atoms with Crippen molar-refractivity contribution in [1.29, 1.82) is 5.26 Å². The molecule has 1 amide bonds. The average Bonchev–Trinajstić information content (AvgIpc) is 3.77. The van der Waals surface area contributed by atoms with E-state index in [0.717, 1.165) is 46.0 Å². The molecule has 0 atom stereocenters. The van der Waals surface area contributed by atoms with E-state index >= 15 is 4.39 Å². The number of aromatic amines is 1. The Kier molecular flexibility index (Phi) is 6.80. The third-order valence-electron chi connectivity index (χ3n) is 9.51. The number of amides is 1. The Morgan fingerprint density at radius 1 is 1.04 bits per heavy atom. The van der Waals surface area contributed by atoms with Gasteiger partial charge in [-0.25, -0.2) is 14.4 Å². The number of piperidine rings is 1. The van der Waals surface area contributed by atoms with Crippen molar-refractivity contribution in [3.05, 3.63) is 97.1 Å². The predicted octanol–water partition coefficient (Wildman–Crippen LogP) is 5.41. The number of hydrogen-bond acceptors (Lipinski definition) is 7. The lowest BCUT2D eigenvalue weighted by molar-refractivity contribution is -0.0412. The first kappa shape index (κ1) is 28.0. The summed E-state index contributed by atoms with van der Waals surface area (Å²) in [5.74, 6) is -0.597. The highest BCUT2D eigenvalue weighted by Gasteiger charge is 2.48. The number of nitrogens with one attached hydrogen (secondary N) is 1. The van der Waals surface area contributed by atoms with Crippen molar-refractivity contribution in [2.24, 2.45) is 0 Å². The molecule has 0 spiro atoms. The van der Waals surface area contributed by atoms with Crippen molar-refractivity contribution in [2.75, 3.05) is 26.2 Å². The van der Waals surface area contributed by atoms with E-state index in [1.54, 1.807) is 24.5 Å². The molecule has 2 fully saturated rings. The molecule has 6 heterocycles. The monoisotopic (exact) mass is 611 g/mol. The normalized spacial score (nSPS) is 16.8. The van der Waals surface area contributed by atoms with Crippen LogP contribution in [0.15, 0.2) is 85.7 Å². The summed E-state index contributed by atoms with van der Waals surface area (Å²) in [6.45, 7) is 2.60. The maximum atomic E-state index is 15.4. The maximum Gasteiger partial charge on any atom is 0.253 e. The van der Waals surface area contributed by atoms with Gasteiger partial charge in [0.2, 0.25) is 0 Å². The molecule has 0 unspecified atom stereocenters. The van der Waals surface area contributed by atoms with Crippen molar-refractivity contribution >= 4 is 27.8 Å². The van der Waals surface area contributed by atoms with Gasteiger partial charge >= 0.3 is 0 Å². The van der Waals surface area contributed by atoms with Crippen LogP contribution in [0.5, 0.6) is 0 Å². The van der Waals surface area contributed by atoms with Gasteiger partial charge in [-0.15, -0.1) is 0 Å². The topological polar surface area (TPSA) is 120 Å². The number of aromatic nitrogens is 6. The summed E-state index contributed by atoms with van der Waals surface area (Å²) < 4.78 is 17.3. The number of nitrogens with zero attached hydrogens (tertiary/aromatic N) is 8. The predicted molar refractivity (Wildman–Crippen MR) is 171 cm³/mol. The summed E-state index contributed by atoms with van der Waals surface area (Å²) in [6.07, 6.45) is 10.8. The van der Waals surface area contributed by atoms with Gasteiger partial charge in [-0.2, -0.15) is 10.4 Å². The fraction of sp³-hybridized carbons (Fsp3) is 0.257. The molecule has 10 nitrogen and oxygen atoms in total. The van der Waals surface area contributed by atoms with E-state index in [2.05, 4.69) is 36.0 Å². The molecule has 2 aliphatic heterocycles. The lowest BCUT2D eigenvalue weighted by Crippen LogP contribution is -2.66. The smallest absolute Gasteiger partial charge is 0.253 e. The summed E-state index contributed by atoms with van der Waals surface area (Å²) >= 11 is 0. The number of fused-ring (bicyclic) bond motifs is 2. The van der Waals surface area contributed by atoms with Gasteiger partial charge in [-0.3, -0.25) is 19.4 Å². The number of rotatable bonds is 6. The van der Waals surface area contributed by atoms with E-state index in [9.17, 15) is 10.1 Å². The van der Waals surface area contributed by atoms with Crippen LogP contribution in [-0.4, -0.2) is 77.6 Å². The number of halogens is 1. The Balaban J connectivity index is 0.924. The average molecular weight is 612 g/mol. The van der Waals surface area contributed by atoms with E-state index in [4.69, 9.17) is 0 Å². The SMILES string of the molecule is N#CCC1(n2cc(-c3ncnc4[nH]ccc34)cn2)CN(C2CCN(C(=O)c3ccc(-c4cccc5cccnc45)c(F)c3)CC2)C1. The van der Waals surface area contributed by atoms with Crippen LogP contribution in [0.4, 0.5) is 4.39 Å². The number of likely N-dealkylation sites (tertiary alicyclic amines) is 2. The number of H-pyrrole nitrogens is 1. The highest BCUT2D eigenvalue weighted by atomic mass is 19.1. The Morgan fingerprint density at radius 3 is 2.72 bits per heavy atom. The third kappa shape index (κ3) is 4.69. The van der Waals surface area contributed by atoms with E-state index < -0.39 is 11.4 Å². The first-order valence-electron chi connectivity index (χ1n) is 15.4. The van der Waals surface area contributed by atoms with Gasteiger partial charge in [0, 0.05) is 83.8 Å². The number of carbonyl (C=O) groups is 1. The molecule has 11 heteroatoms. The maximum absolute atomic E-state index is 15.4. The molecule has 8 rings (SSSR count). The van der Waals surface area contributed by atoms with Gasteiger partial charge in [-0.05, 0) is 37.1 Å². The van der Waals surface area contributed by atoms with Gasteiger partial charge in [0.15, 0.2) is 0 Å². The number of hydrogen-bond donors (Lipinski definition) is 1. The van der Waals surface area contributed by atoms with Gasteiger partial charge in [0.25, 0.3) is 5.91 Å². The lowest BCUT2D eigenvalue weighted by atomic mass is 9.83. The van der Waals surface area contributed by atoms with Crippen molar-refractivity contribution in [2.45, 2.75) is 30.8 Å². The molecule has 0 radical (unpaired) electrons. The minimum Gasteiger partial charge on any atom is -0.346 e. The van der Waals surface area contributed by atoms with Gasteiger partial charge in [0.05, 0.1) is 29.9 Å². The number of pyridine rings is 1. The lowest BCUT2D eigenvalue weighted by Gasteiger charge is -2.53. The fourth-order valence-corrected chi connectivity index (χ4v) is 7.06. The van der Waals surface area contributed by atoms with Crippen LogP contribution in [0.1, 0.15) is 29.6 Å². The summed E-state index contributed by atoms with van der Waals surface area (Å²) in [7, 11) is 0. The van der Waals surface area contributed by atoms with Crippen LogP contribution in [0.25, 0.3) is 44.3 Å². The Hall–Kier alpha value is -5.47. The van der Waals surface area contributed by atoms with Crippen LogP contribution >= 0.6 is 0 Å². The summed E-state index contributed by atoms with van der Waals surface area (Å²) in [4.78, 5) is 33.9. The molecule has 4 aromatic heterocycles. The van der Waals surface area contributed by atoms with Crippen molar-refractivity contribution < 1.29 is 9.18 Å². The van der Waals surface area contributed by atoms with Crippen LogP contribution in [0.2, 0.25) is 0 Å². The number of benzene rings is 2. The molecule has 46 heavy (non-hydrogen) atoms. The summed E-state index contributed by atoms with van der Waals surface area (Å²) in [5, 5.41) is 16.2. The molecule has 2 aromatic carbocycles. The fourth-order valence-electron chi connectivity index (χ4n) is 7.06. The van der Waals surface area contributed by atoms with E-state index in [1.165, 1.54) is 12.4 Å². The number of nitriles is 1. The van der Waals surface area contributed by atoms with Crippen molar-refractivity contribution in [3.8, 4) is 28.5 Å². The second-order valence-electron chi connectivity index (χ2n) is 12.2. The minimum absolute atomic E-state index is 0.160. The summed E-state index contributed by atoms with van der Waals surface area (Å²) in [5.41, 5.74) is 4.25. The standard InChI is InChI=1S/C35H30FN9O/c36-30-17-24(6-7-27(30)28-5-1-3-23-4-2-13-38-31(23)28)34(46)43-15-9-26(10-16-43)44-20-35(21-44,11-12-37)45-19-25(18-42-45)32-29-8-14-39-33(29)41-22-40-32/h1-8,13-14,17-19,22,26H,9-11,15-16,20-21H2,(H,39,40,41). The van der Waals surface area contributed by atoms with Crippen molar-refractivity contribution in [3.63, 3.8) is 0 Å². The zero-order valence-corrected chi connectivity index (χ0v) is 25.0. The molecule has 228 valence electrons. The van der Waals surface area contributed by atoms with Crippen LogP contribution < -0.4 is 0 Å². The first-order chi connectivity index (χ1) is 22.5. The number of para-hydroxylation sites is 1. The van der Waals surface area contributed by atoms with E-state index in [-0.39, 0.29) is 5.91 Å². The number of carbonyl (C=O) groups excluding carboxylic acids is 1. The zero-order chi connectivity index (χ0) is 31.3. The Bertz CT molecular complexity index is 2130. The largest absolute Gasteiger partial charge is 0.346 e. The highest BCUT2D eigenvalue weighted by molar-refractivity contribution is 5.97. The van der Waals surface area contributed by atoms with Crippen LogP contribution in [0.3, 0.4) is 0 Å². The van der Waals surface area contributed by atoms with E-state index in [1.807, 2.05) is 58.4 Å². The summed E-state index contributed by atoms with van der Waals surface area (Å²) in [6, 6.07) is 18.8. The van der Waals surface area contributed by atoms with E-state index in [0.29, 0.717) is 55.3 Å². The molecule has 1 N–H and O–H groups in total. The minimum atomic E-state index is -0.438. The molecule has 2 aliphatic rings. The van der Waals surface area contributed by atoms with Crippen LogP contribution in [-0.2, 0) is 5.54 Å². The molecular formula is C35H30FN9O. The molecule has 2 saturated heterocycles. The quantitative estimate of drug-likeness (QED) is 0.268. The molecule has 0 aliphatic carbocycles. The van der Waals surface area contributed by atoms with Crippen molar-refractivity contribution in [1.82, 2.24) is 39.5 Å². The van der Waals surface area contributed by atoms with Gasteiger partial charge in [-0.1, -0.05) is 30.3 Å². The first-order valence-corrected chi connectivity index (χ1v) is 15.4. The Labute approximate surface area is 264 Å². The highest BCUT2D eigenvalue weighted by Crippen LogP contribution is 2.37. The second-order valence-corrected chi connectivity index (χ2v) is 12.2. The molecular weight excluding hydrogens is 581 g/mol. The van der Waals surface area contributed by atoms with Gasteiger partial charge in [0.1, 0.15) is 23.3 Å². The van der Waals surface area contributed by atoms with Crippen LogP contribution in [0, 0.1) is 17.1 Å². The zero-order valence-electron chi connectivity index (χ0n) is 25.0. The molecule has 6 aromatic rings. The van der Waals surface area contributed by atoms with Gasteiger partial charge < -0.3 is 9.88 Å².